The van der Waals surface area contributed by atoms with Gasteiger partial charge in [-0.15, -0.1) is 13.2 Å². The van der Waals surface area contributed by atoms with Crippen molar-refractivity contribution in [1.29, 1.82) is 0 Å². The van der Waals surface area contributed by atoms with Gasteiger partial charge in [0.2, 0.25) is 10.0 Å². The van der Waals surface area contributed by atoms with Crippen molar-refractivity contribution in [2.24, 2.45) is 0 Å². The molecule has 0 spiro atoms. The van der Waals surface area contributed by atoms with E-state index in [1.54, 1.807) is 19.1 Å². The number of hydrogen-bond acceptors (Lipinski definition) is 4. The maximum atomic E-state index is 12.7. The van der Waals surface area contributed by atoms with Crippen LogP contribution in [0.4, 0.5) is 5.69 Å². The van der Waals surface area contributed by atoms with Gasteiger partial charge in [-0.3, -0.25) is 0 Å². The number of nitrogens with zero attached hydrogens (tertiary/aromatic N) is 1. The second-order valence-corrected chi connectivity index (χ2v) is 5.94. The minimum atomic E-state index is -3.71. The summed E-state index contributed by atoms with van der Waals surface area (Å²) in [4.78, 5) is 0.0584. The highest BCUT2D eigenvalue weighted by molar-refractivity contribution is 7.89. The second kappa shape index (κ2) is 7.12. The molecule has 1 aromatic rings. The van der Waals surface area contributed by atoms with Crippen LogP contribution in [0.25, 0.3) is 0 Å². The maximum absolute atomic E-state index is 12.7. The molecule has 0 atom stereocenters. The fraction of sp³-hybridized carbons (Fsp3) is 0.286. The highest BCUT2D eigenvalue weighted by atomic mass is 32.2. The number of nitrogens with two attached hydrogens (primary N) is 1. The molecule has 0 bridgehead atoms. The highest BCUT2D eigenvalue weighted by Crippen LogP contribution is 2.29. The summed E-state index contributed by atoms with van der Waals surface area (Å²) in [5, 5.41) is 0. The molecule has 0 amide bonds. The van der Waals surface area contributed by atoms with E-state index in [9.17, 15) is 8.42 Å². The van der Waals surface area contributed by atoms with Crippen molar-refractivity contribution >= 4 is 15.7 Å². The highest BCUT2D eigenvalue weighted by Gasteiger charge is 2.26. The van der Waals surface area contributed by atoms with E-state index in [4.69, 9.17) is 10.5 Å². The lowest BCUT2D eigenvalue weighted by Crippen LogP contribution is -2.31. The van der Waals surface area contributed by atoms with Gasteiger partial charge in [0.1, 0.15) is 10.6 Å². The van der Waals surface area contributed by atoms with Crippen LogP contribution in [0.5, 0.6) is 5.75 Å². The molecule has 1 rings (SSSR count). The first-order valence-corrected chi connectivity index (χ1v) is 7.65. The van der Waals surface area contributed by atoms with E-state index in [2.05, 4.69) is 13.2 Å². The van der Waals surface area contributed by atoms with Gasteiger partial charge in [-0.05, 0) is 25.1 Å². The summed E-state index contributed by atoms with van der Waals surface area (Å²) >= 11 is 0. The smallest absolute Gasteiger partial charge is 0.247 e. The zero-order valence-electron chi connectivity index (χ0n) is 11.6. The Morgan fingerprint density at radius 2 is 1.90 bits per heavy atom. The molecule has 0 saturated carbocycles. The van der Waals surface area contributed by atoms with Crippen molar-refractivity contribution < 1.29 is 13.2 Å². The van der Waals surface area contributed by atoms with Gasteiger partial charge in [0.05, 0.1) is 6.61 Å². The number of rotatable bonds is 8. The molecular formula is C14H20N2O3S. The maximum Gasteiger partial charge on any atom is 0.247 e. The van der Waals surface area contributed by atoms with Crippen LogP contribution < -0.4 is 10.5 Å². The van der Waals surface area contributed by atoms with Gasteiger partial charge in [0.25, 0.3) is 0 Å². The molecule has 2 N–H and O–H groups in total. The van der Waals surface area contributed by atoms with Gasteiger partial charge in [0, 0.05) is 18.8 Å². The number of sulfonamides is 1. The molecule has 0 saturated heterocycles. The summed E-state index contributed by atoms with van der Waals surface area (Å²) in [6.07, 6.45) is 3.04. The van der Waals surface area contributed by atoms with Gasteiger partial charge < -0.3 is 10.5 Å². The van der Waals surface area contributed by atoms with Gasteiger partial charge in [-0.1, -0.05) is 12.2 Å². The Morgan fingerprint density at radius 1 is 1.30 bits per heavy atom. The number of benzene rings is 1. The largest absolute Gasteiger partial charge is 0.492 e. The predicted molar refractivity (Wildman–Crippen MR) is 81.2 cm³/mol. The molecule has 5 nitrogen and oxygen atoms in total. The summed E-state index contributed by atoms with van der Waals surface area (Å²) in [6.45, 7) is 9.68. The van der Waals surface area contributed by atoms with Gasteiger partial charge in [-0.25, -0.2) is 8.42 Å². The zero-order chi connectivity index (χ0) is 15.2. The van der Waals surface area contributed by atoms with Crippen molar-refractivity contribution in [1.82, 2.24) is 4.31 Å². The first-order valence-electron chi connectivity index (χ1n) is 6.21. The Morgan fingerprint density at radius 3 is 2.40 bits per heavy atom. The molecule has 1 aromatic carbocycles. The summed E-state index contributed by atoms with van der Waals surface area (Å²) in [6, 6.07) is 4.57. The Kier molecular flexibility index (Phi) is 5.79. The van der Waals surface area contributed by atoms with E-state index in [-0.39, 0.29) is 18.0 Å². The van der Waals surface area contributed by atoms with Crippen LogP contribution in [0.15, 0.2) is 48.4 Å². The van der Waals surface area contributed by atoms with E-state index in [0.29, 0.717) is 18.0 Å². The Hall–Kier alpha value is -1.79. The lowest BCUT2D eigenvalue weighted by atomic mass is 10.3. The summed E-state index contributed by atoms with van der Waals surface area (Å²) in [7, 11) is -3.71. The van der Waals surface area contributed by atoms with Gasteiger partial charge in [-0.2, -0.15) is 4.31 Å². The minimum absolute atomic E-state index is 0.0584. The van der Waals surface area contributed by atoms with Crippen LogP contribution in [0.3, 0.4) is 0 Å². The molecule has 0 aromatic heterocycles. The molecule has 20 heavy (non-hydrogen) atoms. The normalized spacial score (nSPS) is 11.3. The van der Waals surface area contributed by atoms with Crippen molar-refractivity contribution in [3.8, 4) is 5.75 Å². The van der Waals surface area contributed by atoms with Crippen LogP contribution in [0.1, 0.15) is 6.92 Å². The Bertz CT molecular complexity index is 572. The van der Waals surface area contributed by atoms with Crippen molar-refractivity contribution in [2.45, 2.75) is 11.8 Å². The Labute approximate surface area is 120 Å². The first-order chi connectivity index (χ1) is 9.47. The quantitative estimate of drug-likeness (QED) is 0.588. The first kappa shape index (κ1) is 16.3. The summed E-state index contributed by atoms with van der Waals surface area (Å²) in [5.74, 6) is 0.292. The lowest BCUT2D eigenvalue weighted by Gasteiger charge is -2.21. The van der Waals surface area contributed by atoms with E-state index in [1.165, 1.54) is 22.5 Å². The monoisotopic (exact) mass is 296 g/mol. The van der Waals surface area contributed by atoms with Gasteiger partial charge in [0.15, 0.2) is 0 Å². The average Bonchev–Trinajstić information content (AvgIpc) is 2.40. The fourth-order valence-electron chi connectivity index (χ4n) is 1.70. The van der Waals surface area contributed by atoms with Crippen LogP contribution >= 0.6 is 0 Å². The summed E-state index contributed by atoms with van der Waals surface area (Å²) in [5.41, 5.74) is 6.05. The zero-order valence-corrected chi connectivity index (χ0v) is 12.4. The standard InChI is InChI=1S/C14H20N2O3S/c1-4-9-16(10-5-2)20(17,18)14-11-12(15)7-8-13(14)19-6-3/h4-5,7-8,11H,1-2,6,9-10,15H2,3H3. The molecule has 0 unspecified atom stereocenters. The number of hydrogen-bond donors (Lipinski definition) is 1. The van der Waals surface area contributed by atoms with Crippen molar-refractivity contribution in [3.05, 3.63) is 43.5 Å². The second-order valence-electron chi connectivity index (χ2n) is 4.04. The third-order valence-corrected chi connectivity index (χ3v) is 4.40. The third-order valence-electron chi connectivity index (χ3n) is 2.55. The van der Waals surface area contributed by atoms with Crippen LogP contribution in [-0.4, -0.2) is 32.4 Å². The van der Waals surface area contributed by atoms with Crippen LogP contribution in [-0.2, 0) is 10.0 Å². The Balaban J connectivity index is 3.34. The van der Waals surface area contributed by atoms with Crippen LogP contribution in [0, 0.1) is 0 Å². The van der Waals surface area contributed by atoms with E-state index in [1.807, 2.05) is 0 Å². The predicted octanol–water partition coefficient (Wildman–Crippen LogP) is 2.03. The molecule has 6 heteroatoms. The topological polar surface area (TPSA) is 72.6 Å². The number of ether oxygens (including phenoxy) is 1. The molecule has 0 aliphatic heterocycles. The molecule has 0 aliphatic rings. The molecule has 0 aliphatic carbocycles. The molecule has 0 heterocycles. The third kappa shape index (κ3) is 3.61. The van der Waals surface area contributed by atoms with Gasteiger partial charge >= 0.3 is 0 Å². The minimum Gasteiger partial charge on any atom is -0.492 e. The number of nitrogen functional groups attached to an aromatic ring is 1. The summed E-state index contributed by atoms with van der Waals surface area (Å²) < 4.78 is 31.9. The fourth-order valence-corrected chi connectivity index (χ4v) is 3.25. The average molecular weight is 296 g/mol. The van der Waals surface area contributed by atoms with E-state index in [0.717, 1.165) is 0 Å². The van der Waals surface area contributed by atoms with Crippen LogP contribution in [0.2, 0.25) is 0 Å². The lowest BCUT2D eigenvalue weighted by molar-refractivity contribution is 0.329. The molecule has 0 radical (unpaired) electrons. The molecule has 0 fully saturated rings. The van der Waals surface area contributed by atoms with Crippen molar-refractivity contribution in [2.75, 3.05) is 25.4 Å². The SMILES string of the molecule is C=CCN(CC=C)S(=O)(=O)c1cc(N)ccc1OCC. The molecular weight excluding hydrogens is 276 g/mol. The van der Waals surface area contributed by atoms with E-state index >= 15 is 0 Å². The molecule has 110 valence electrons. The number of anilines is 1. The van der Waals surface area contributed by atoms with Crippen molar-refractivity contribution in [3.63, 3.8) is 0 Å². The van der Waals surface area contributed by atoms with E-state index < -0.39 is 10.0 Å².